The van der Waals surface area contributed by atoms with Gasteiger partial charge in [-0.3, -0.25) is 4.40 Å². The number of imidazole rings is 1. The minimum absolute atomic E-state index is 0.141. The van der Waals surface area contributed by atoms with Gasteiger partial charge in [0.2, 0.25) is 0 Å². The Morgan fingerprint density at radius 3 is 2.56 bits per heavy atom. The molecule has 0 unspecified atom stereocenters. The van der Waals surface area contributed by atoms with Gasteiger partial charge in [-0.05, 0) is 53.0 Å². The summed E-state index contributed by atoms with van der Waals surface area (Å²) in [5, 5.41) is 3.89. The lowest BCUT2D eigenvalue weighted by molar-refractivity contribution is 0.591. The Balaban J connectivity index is 2.09. The number of hydrogen-bond acceptors (Lipinski definition) is 1. The molecule has 2 heteroatoms. The summed E-state index contributed by atoms with van der Waals surface area (Å²) in [6, 6.07) is 13.8. The van der Waals surface area contributed by atoms with E-state index in [4.69, 9.17) is 0 Å². The van der Waals surface area contributed by atoms with Crippen LogP contribution in [0, 0.1) is 0 Å². The Morgan fingerprint density at radius 2 is 1.80 bits per heavy atom. The summed E-state index contributed by atoms with van der Waals surface area (Å²) in [6.45, 7) is 9.08. The van der Waals surface area contributed by atoms with E-state index in [9.17, 15) is 0 Å². The van der Waals surface area contributed by atoms with Crippen molar-refractivity contribution in [2.75, 3.05) is 0 Å². The quantitative estimate of drug-likeness (QED) is 0.404. The predicted molar refractivity (Wildman–Crippen MR) is 108 cm³/mol. The first-order chi connectivity index (χ1) is 12.0. The zero-order valence-corrected chi connectivity index (χ0v) is 15.6. The van der Waals surface area contributed by atoms with Gasteiger partial charge in [0.15, 0.2) is 0 Å². The average molecular weight is 330 g/mol. The molecule has 2 aromatic heterocycles. The van der Waals surface area contributed by atoms with Crippen LogP contribution in [-0.2, 0) is 11.8 Å². The van der Waals surface area contributed by atoms with Gasteiger partial charge in [0.25, 0.3) is 0 Å². The zero-order valence-electron chi connectivity index (χ0n) is 15.6. The smallest absolute Gasteiger partial charge is 0.145 e. The van der Waals surface area contributed by atoms with Crippen LogP contribution in [0.3, 0.4) is 0 Å². The van der Waals surface area contributed by atoms with E-state index in [1.165, 1.54) is 45.6 Å². The summed E-state index contributed by atoms with van der Waals surface area (Å²) >= 11 is 0. The Bertz CT molecular complexity index is 1060. The first kappa shape index (κ1) is 16.1. The van der Waals surface area contributed by atoms with Gasteiger partial charge in [-0.2, -0.15) is 0 Å². The Labute approximate surface area is 149 Å². The van der Waals surface area contributed by atoms with Gasteiger partial charge in [-0.25, -0.2) is 4.98 Å². The lowest BCUT2D eigenvalue weighted by atomic mass is 9.85. The molecule has 0 bridgehead atoms. The molecule has 0 aliphatic carbocycles. The molecule has 0 saturated heterocycles. The number of aromatic nitrogens is 2. The molecule has 4 rings (SSSR count). The molecule has 0 fully saturated rings. The van der Waals surface area contributed by atoms with Gasteiger partial charge in [0.1, 0.15) is 5.65 Å². The standard InChI is InChI=1S/C23H26N2/c1-5-6-7-16-8-11-21-20(14-16)19-15-17(23(2,3)4)9-10-18(19)22-24-12-13-25(21)22/h8-15H,5-7H2,1-4H3. The van der Waals surface area contributed by atoms with Crippen molar-refractivity contribution in [2.24, 2.45) is 0 Å². The third-order valence-electron chi connectivity index (χ3n) is 5.20. The number of unbranched alkanes of at least 4 members (excludes halogenated alkanes) is 1. The molecule has 0 N–H and O–H groups in total. The molecule has 0 spiro atoms. The third kappa shape index (κ3) is 2.70. The highest BCUT2D eigenvalue weighted by Gasteiger charge is 2.16. The molecule has 0 aliphatic heterocycles. The fraction of sp³-hybridized carbons (Fsp3) is 0.348. The molecule has 128 valence electrons. The van der Waals surface area contributed by atoms with Gasteiger partial charge in [-0.15, -0.1) is 0 Å². The molecule has 0 radical (unpaired) electrons. The van der Waals surface area contributed by atoms with Crippen molar-refractivity contribution < 1.29 is 0 Å². The molecule has 2 nitrogen and oxygen atoms in total. The fourth-order valence-electron chi connectivity index (χ4n) is 3.67. The van der Waals surface area contributed by atoms with E-state index < -0.39 is 0 Å². The maximum atomic E-state index is 4.62. The summed E-state index contributed by atoms with van der Waals surface area (Å²) in [6.07, 6.45) is 7.59. The Kier molecular flexibility index (Phi) is 3.79. The van der Waals surface area contributed by atoms with Crippen molar-refractivity contribution in [1.82, 2.24) is 9.38 Å². The SMILES string of the molecule is CCCCc1ccc2c(c1)c1cc(C(C)(C)C)ccc1c1nccn21. The molecule has 2 heterocycles. The second-order valence-electron chi connectivity index (χ2n) is 8.09. The largest absolute Gasteiger partial charge is 0.299 e. The van der Waals surface area contributed by atoms with E-state index in [-0.39, 0.29) is 5.41 Å². The highest BCUT2D eigenvalue weighted by atomic mass is 15.0. The highest BCUT2D eigenvalue weighted by molar-refractivity contribution is 6.12. The van der Waals surface area contributed by atoms with Crippen LogP contribution in [0.25, 0.3) is 27.3 Å². The topological polar surface area (TPSA) is 17.3 Å². The van der Waals surface area contributed by atoms with Crippen molar-refractivity contribution in [1.29, 1.82) is 0 Å². The fourth-order valence-corrected chi connectivity index (χ4v) is 3.67. The molecular formula is C23H26N2. The van der Waals surface area contributed by atoms with E-state index in [1.807, 2.05) is 6.20 Å². The first-order valence-electron chi connectivity index (χ1n) is 9.31. The highest BCUT2D eigenvalue weighted by Crippen LogP contribution is 2.33. The molecule has 2 aromatic carbocycles. The van der Waals surface area contributed by atoms with Gasteiger partial charge in [-0.1, -0.05) is 52.3 Å². The number of aryl methyl sites for hydroxylation is 1. The van der Waals surface area contributed by atoms with E-state index >= 15 is 0 Å². The van der Waals surface area contributed by atoms with Crippen LogP contribution in [0.1, 0.15) is 51.7 Å². The van der Waals surface area contributed by atoms with Crippen LogP contribution in [0.4, 0.5) is 0 Å². The minimum atomic E-state index is 0.141. The van der Waals surface area contributed by atoms with E-state index in [0.717, 1.165) is 12.1 Å². The Morgan fingerprint density at radius 1 is 0.960 bits per heavy atom. The summed E-state index contributed by atoms with van der Waals surface area (Å²) in [4.78, 5) is 4.62. The third-order valence-corrected chi connectivity index (χ3v) is 5.20. The molecule has 4 aromatic rings. The van der Waals surface area contributed by atoms with Crippen LogP contribution in [0.15, 0.2) is 48.8 Å². The van der Waals surface area contributed by atoms with Crippen LogP contribution in [0.2, 0.25) is 0 Å². The molecule has 0 saturated carbocycles. The van der Waals surface area contributed by atoms with Crippen molar-refractivity contribution in [3.63, 3.8) is 0 Å². The molecule has 0 aliphatic rings. The maximum Gasteiger partial charge on any atom is 0.145 e. The lowest BCUT2D eigenvalue weighted by Crippen LogP contribution is -2.10. The monoisotopic (exact) mass is 330 g/mol. The predicted octanol–water partition coefficient (Wildman–Crippen LogP) is 6.28. The zero-order chi connectivity index (χ0) is 17.6. The van der Waals surface area contributed by atoms with Gasteiger partial charge in [0, 0.05) is 23.2 Å². The first-order valence-corrected chi connectivity index (χ1v) is 9.31. The number of rotatable bonds is 3. The molecule has 0 atom stereocenters. The van der Waals surface area contributed by atoms with E-state index in [1.54, 1.807) is 0 Å². The van der Waals surface area contributed by atoms with Crippen LogP contribution < -0.4 is 0 Å². The van der Waals surface area contributed by atoms with Crippen LogP contribution >= 0.6 is 0 Å². The van der Waals surface area contributed by atoms with Crippen molar-refractivity contribution >= 4 is 27.3 Å². The Hall–Kier alpha value is -2.35. The summed E-state index contributed by atoms with van der Waals surface area (Å²) < 4.78 is 2.22. The summed E-state index contributed by atoms with van der Waals surface area (Å²) in [5.74, 6) is 0. The molecular weight excluding hydrogens is 304 g/mol. The molecule has 0 amide bonds. The normalized spacial score (nSPS) is 12.5. The maximum absolute atomic E-state index is 4.62. The number of benzene rings is 2. The van der Waals surface area contributed by atoms with E-state index in [2.05, 4.69) is 79.7 Å². The van der Waals surface area contributed by atoms with Gasteiger partial charge in [0.05, 0.1) is 5.52 Å². The minimum Gasteiger partial charge on any atom is -0.299 e. The molecule has 25 heavy (non-hydrogen) atoms. The number of fused-ring (bicyclic) bond motifs is 6. The number of pyridine rings is 1. The van der Waals surface area contributed by atoms with Crippen LogP contribution in [0.5, 0.6) is 0 Å². The van der Waals surface area contributed by atoms with Crippen molar-refractivity contribution in [3.05, 3.63) is 59.9 Å². The summed E-state index contributed by atoms with van der Waals surface area (Å²) in [5.41, 5.74) is 5.23. The second kappa shape index (κ2) is 5.87. The van der Waals surface area contributed by atoms with E-state index in [0.29, 0.717) is 0 Å². The van der Waals surface area contributed by atoms with Gasteiger partial charge >= 0.3 is 0 Å². The average Bonchev–Trinajstić information content (AvgIpc) is 3.08. The number of hydrogen-bond donors (Lipinski definition) is 0. The van der Waals surface area contributed by atoms with Gasteiger partial charge < -0.3 is 0 Å². The van der Waals surface area contributed by atoms with Crippen LogP contribution in [-0.4, -0.2) is 9.38 Å². The number of nitrogens with zero attached hydrogens (tertiary/aromatic N) is 2. The lowest BCUT2D eigenvalue weighted by Gasteiger charge is -2.20. The second-order valence-corrected chi connectivity index (χ2v) is 8.09. The van der Waals surface area contributed by atoms with Crippen molar-refractivity contribution in [2.45, 2.75) is 52.4 Å². The van der Waals surface area contributed by atoms with Crippen molar-refractivity contribution in [3.8, 4) is 0 Å². The summed E-state index contributed by atoms with van der Waals surface area (Å²) in [7, 11) is 0.